The zero-order chi connectivity index (χ0) is 15.0. The topological polar surface area (TPSA) is 15.3 Å². The molecule has 0 radical (unpaired) electrons. The van der Waals surface area contributed by atoms with Gasteiger partial charge in [-0.3, -0.25) is 0 Å². The number of benzene rings is 1. The van der Waals surface area contributed by atoms with E-state index in [1.807, 2.05) is 0 Å². The van der Waals surface area contributed by atoms with E-state index in [1.54, 1.807) is 0 Å². The number of hydrogen-bond donors (Lipinski definition) is 1. The van der Waals surface area contributed by atoms with Crippen LogP contribution in [0.2, 0.25) is 0 Å². The van der Waals surface area contributed by atoms with Crippen molar-refractivity contribution in [3.8, 4) is 0 Å². The number of nitrogens with one attached hydrogen (secondary N) is 1. The smallest absolute Gasteiger partial charge is 0.0412 e. The fraction of sp³-hybridized carbons (Fsp3) is 0.684. The maximum atomic E-state index is 3.85. The Labute approximate surface area is 129 Å². The molecule has 1 saturated heterocycles. The van der Waals surface area contributed by atoms with Crippen LogP contribution in [0, 0.1) is 5.92 Å². The van der Waals surface area contributed by atoms with Crippen molar-refractivity contribution in [2.75, 3.05) is 18.0 Å². The number of anilines is 1. The summed E-state index contributed by atoms with van der Waals surface area (Å²) in [6, 6.07) is 9.90. The Hall–Kier alpha value is -1.02. The fourth-order valence-corrected chi connectivity index (χ4v) is 3.71. The number of piperazine rings is 1. The van der Waals surface area contributed by atoms with Gasteiger partial charge in [0.25, 0.3) is 0 Å². The SMILES string of the molecule is CCC1CNC(C)(C2CC2)CN1c1ccc(C(C)C)cc1. The van der Waals surface area contributed by atoms with E-state index in [0.717, 1.165) is 19.0 Å². The number of hydrogen-bond acceptors (Lipinski definition) is 2. The molecule has 1 aliphatic carbocycles. The minimum atomic E-state index is 0.308. The van der Waals surface area contributed by atoms with Crippen LogP contribution in [-0.4, -0.2) is 24.7 Å². The maximum absolute atomic E-state index is 3.85. The van der Waals surface area contributed by atoms with Crippen LogP contribution in [0.4, 0.5) is 5.69 Å². The van der Waals surface area contributed by atoms with Gasteiger partial charge in [-0.15, -0.1) is 0 Å². The first-order valence-electron chi connectivity index (χ1n) is 8.65. The van der Waals surface area contributed by atoms with Crippen molar-refractivity contribution in [2.45, 2.75) is 64.5 Å². The van der Waals surface area contributed by atoms with Crippen LogP contribution >= 0.6 is 0 Å². The first-order chi connectivity index (χ1) is 10.0. The summed E-state index contributed by atoms with van der Waals surface area (Å²) in [5, 5.41) is 3.85. The summed E-state index contributed by atoms with van der Waals surface area (Å²) in [6.45, 7) is 11.5. The Kier molecular flexibility index (Phi) is 4.00. The molecule has 2 atom stereocenters. The quantitative estimate of drug-likeness (QED) is 0.894. The molecule has 2 fully saturated rings. The van der Waals surface area contributed by atoms with Gasteiger partial charge in [0.05, 0.1) is 0 Å². The van der Waals surface area contributed by atoms with Crippen LogP contribution in [0.1, 0.15) is 58.4 Å². The first kappa shape index (κ1) is 14.9. The number of rotatable bonds is 4. The molecule has 2 heteroatoms. The summed E-state index contributed by atoms with van der Waals surface area (Å²) in [7, 11) is 0. The molecule has 116 valence electrons. The Morgan fingerprint density at radius 2 is 1.90 bits per heavy atom. The van der Waals surface area contributed by atoms with Crippen LogP contribution in [-0.2, 0) is 0 Å². The minimum Gasteiger partial charge on any atom is -0.365 e. The van der Waals surface area contributed by atoms with Crippen molar-refractivity contribution in [2.24, 2.45) is 5.92 Å². The molecular formula is C19H30N2. The third-order valence-corrected chi connectivity index (χ3v) is 5.52. The van der Waals surface area contributed by atoms with Crippen LogP contribution in [0.15, 0.2) is 24.3 Å². The van der Waals surface area contributed by atoms with E-state index in [-0.39, 0.29) is 0 Å². The predicted octanol–water partition coefficient (Wildman–Crippen LogP) is 4.17. The van der Waals surface area contributed by atoms with Crippen LogP contribution < -0.4 is 10.2 Å². The lowest BCUT2D eigenvalue weighted by molar-refractivity contribution is 0.252. The molecule has 2 nitrogen and oxygen atoms in total. The molecule has 1 aliphatic heterocycles. The highest BCUT2D eigenvalue weighted by Crippen LogP contribution is 2.42. The van der Waals surface area contributed by atoms with E-state index in [1.165, 1.54) is 30.5 Å². The first-order valence-corrected chi connectivity index (χ1v) is 8.65. The van der Waals surface area contributed by atoms with Gasteiger partial charge in [-0.05, 0) is 55.7 Å². The van der Waals surface area contributed by atoms with Crippen molar-refractivity contribution in [1.82, 2.24) is 5.32 Å². The van der Waals surface area contributed by atoms with Crippen molar-refractivity contribution < 1.29 is 0 Å². The van der Waals surface area contributed by atoms with Crippen LogP contribution in [0.3, 0.4) is 0 Å². The highest BCUT2D eigenvalue weighted by atomic mass is 15.3. The van der Waals surface area contributed by atoms with Gasteiger partial charge in [0.1, 0.15) is 0 Å². The summed E-state index contributed by atoms with van der Waals surface area (Å²) in [5.74, 6) is 1.49. The molecule has 0 spiro atoms. The van der Waals surface area contributed by atoms with Crippen LogP contribution in [0.5, 0.6) is 0 Å². The fourth-order valence-electron chi connectivity index (χ4n) is 3.71. The second-order valence-corrected chi connectivity index (χ2v) is 7.51. The lowest BCUT2D eigenvalue weighted by Gasteiger charge is -2.48. The van der Waals surface area contributed by atoms with Gasteiger partial charge in [-0.25, -0.2) is 0 Å². The van der Waals surface area contributed by atoms with E-state index >= 15 is 0 Å². The molecular weight excluding hydrogens is 256 g/mol. The molecule has 0 bridgehead atoms. The Morgan fingerprint density at radius 1 is 1.24 bits per heavy atom. The largest absolute Gasteiger partial charge is 0.365 e. The number of nitrogens with zero attached hydrogens (tertiary/aromatic N) is 1. The lowest BCUT2D eigenvalue weighted by Crippen LogP contribution is -2.64. The second kappa shape index (κ2) is 5.64. The second-order valence-electron chi connectivity index (χ2n) is 7.51. The Balaban J connectivity index is 1.82. The van der Waals surface area contributed by atoms with Gasteiger partial charge in [0.2, 0.25) is 0 Å². The molecule has 0 amide bonds. The zero-order valence-electron chi connectivity index (χ0n) is 14.0. The Morgan fingerprint density at radius 3 is 2.43 bits per heavy atom. The molecule has 21 heavy (non-hydrogen) atoms. The summed E-state index contributed by atoms with van der Waals surface area (Å²) in [6.07, 6.45) is 4.01. The lowest BCUT2D eigenvalue weighted by atomic mass is 9.89. The van der Waals surface area contributed by atoms with E-state index in [0.29, 0.717) is 17.5 Å². The standard InChI is InChI=1S/C19H30N2/c1-5-17-12-20-19(4,16-8-9-16)13-21(17)18-10-6-15(7-11-18)14(2)3/h6-7,10-11,14,16-17,20H,5,8-9,12-13H2,1-4H3. The average molecular weight is 286 g/mol. The molecule has 2 aliphatic rings. The van der Waals surface area contributed by atoms with Gasteiger partial charge in [-0.2, -0.15) is 0 Å². The monoisotopic (exact) mass is 286 g/mol. The molecule has 3 rings (SSSR count). The summed E-state index contributed by atoms with van der Waals surface area (Å²) < 4.78 is 0. The van der Waals surface area contributed by atoms with E-state index < -0.39 is 0 Å². The van der Waals surface area contributed by atoms with Gasteiger partial charge in [0.15, 0.2) is 0 Å². The van der Waals surface area contributed by atoms with Gasteiger partial charge in [-0.1, -0.05) is 32.9 Å². The van der Waals surface area contributed by atoms with E-state index in [4.69, 9.17) is 0 Å². The summed E-state index contributed by atoms with van der Waals surface area (Å²) in [5.41, 5.74) is 3.15. The van der Waals surface area contributed by atoms with Crippen molar-refractivity contribution >= 4 is 5.69 Å². The average Bonchev–Trinajstić information content (AvgIpc) is 3.32. The molecule has 1 N–H and O–H groups in total. The van der Waals surface area contributed by atoms with Crippen molar-refractivity contribution in [3.63, 3.8) is 0 Å². The Bertz CT molecular complexity index is 475. The van der Waals surface area contributed by atoms with Gasteiger partial charge >= 0.3 is 0 Å². The maximum Gasteiger partial charge on any atom is 0.0412 e. The molecule has 2 unspecified atom stereocenters. The van der Waals surface area contributed by atoms with Gasteiger partial charge in [0, 0.05) is 30.4 Å². The minimum absolute atomic E-state index is 0.308. The van der Waals surface area contributed by atoms with E-state index in [9.17, 15) is 0 Å². The van der Waals surface area contributed by atoms with Crippen LogP contribution in [0.25, 0.3) is 0 Å². The normalized spacial score (nSPS) is 30.0. The predicted molar refractivity (Wildman–Crippen MR) is 91.1 cm³/mol. The third-order valence-electron chi connectivity index (χ3n) is 5.52. The zero-order valence-corrected chi connectivity index (χ0v) is 14.0. The van der Waals surface area contributed by atoms with Crippen molar-refractivity contribution in [3.05, 3.63) is 29.8 Å². The van der Waals surface area contributed by atoms with Crippen molar-refractivity contribution in [1.29, 1.82) is 0 Å². The van der Waals surface area contributed by atoms with Gasteiger partial charge < -0.3 is 10.2 Å². The molecule has 1 saturated carbocycles. The molecule has 1 aromatic carbocycles. The molecule has 1 heterocycles. The highest BCUT2D eigenvalue weighted by molar-refractivity contribution is 5.50. The van der Waals surface area contributed by atoms with E-state index in [2.05, 4.69) is 62.2 Å². The molecule has 1 aromatic rings. The summed E-state index contributed by atoms with van der Waals surface area (Å²) >= 11 is 0. The highest BCUT2D eigenvalue weighted by Gasteiger charge is 2.45. The molecule has 0 aromatic heterocycles. The third kappa shape index (κ3) is 2.96. The summed E-state index contributed by atoms with van der Waals surface area (Å²) in [4.78, 5) is 2.65.